The second-order valence-electron chi connectivity index (χ2n) is 3.90. The van der Waals surface area contributed by atoms with Crippen LogP contribution in [0.3, 0.4) is 0 Å². The van der Waals surface area contributed by atoms with Crippen molar-refractivity contribution in [1.82, 2.24) is 10.6 Å². The van der Waals surface area contributed by atoms with E-state index in [0.717, 1.165) is 12.5 Å². The van der Waals surface area contributed by atoms with E-state index in [9.17, 15) is 4.79 Å². The van der Waals surface area contributed by atoms with Crippen molar-refractivity contribution in [3.63, 3.8) is 0 Å². The molecule has 0 spiro atoms. The molecule has 13 heavy (non-hydrogen) atoms. The van der Waals surface area contributed by atoms with Crippen molar-refractivity contribution in [2.24, 2.45) is 5.92 Å². The quantitative estimate of drug-likeness (QED) is 0.666. The lowest BCUT2D eigenvalue weighted by Crippen LogP contribution is -2.41. The zero-order valence-corrected chi connectivity index (χ0v) is 8.60. The summed E-state index contributed by atoms with van der Waals surface area (Å²) < 4.78 is 0. The fraction of sp³-hybridized carbons (Fsp3) is 0.900. The summed E-state index contributed by atoms with van der Waals surface area (Å²) in [5.41, 5.74) is 0. The highest BCUT2D eigenvalue weighted by molar-refractivity contribution is 5.76. The largest absolute Gasteiger partial charge is 0.353 e. The predicted octanol–water partition coefficient (Wildman–Crippen LogP) is 0.901. The van der Waals surface area contributed by atoms with Gasteiger partial charge in [-0.05, 0) is 32.7 Å². The molecule has 0 radical (unpaired) electrons. The van der Waals surface area contributed by atoms with Crippen LogP contribution in [0.15, 0.2) is 0 Å². The Morgan fingerprint density at radius 3 is 2.69 bits per heavy atom. The maximum atomic E-state index is 11.3. The van der Waals surface area contributed by atoms with Gasteiger partial charge in [-0.15, -0.1) is 0 Å². The van der Waals surface area contributed by atoms with E-state index in [-0.39, 0.29) is 5.91 Å². The van der Waals surface area contributed by atoms with Crippen molar-refractivity contribution < 1.29 is 4.79 Å². The number of amides is 1. The Morgan fingerprint density at radius 1 is 1.54 bits per heavy atom. The molecule has 1 rings (SSSR count). The predicted molar refractivity (Wildman–Crippen MR) is 53.5 cm³/mol. The van der Waals surface area contributed by atoms with Crippen LogP contribution in [0, 0.1) is 5.92 Å². The van der Waals surface area contributed by atoms with E-state index < -0.39 is 0 Å². The number of hydrogen-bond acceptors (Lipinski definition) is 2. The fourth-order valence-electron chi connectivity index (χ4n) is 1.62. The van der Waals surface area contributed by atoms with Gasteiger partial charge in [0.15, 0.2) is 0 Å². The average molecular weight is 184 g/mol. The molecule has 1 atom stereocenters. The monoisotopic (exact) mass is 184 g/mol. The second kappa shape index (κ2) is 5.22. The highest BCUT2D eigenvalue weighted by atomic mass is 16.1. The van der Waals surface area contributed by atoms with Gasteiger partial charge in [0.2, 0.25) is 5.91 Å². The first-order chi connectivity index (χ1) is 6.24. The number of rotatable bonds is 5. The van der Waals surface area contributed by atoms with E-state index in [4.69, 9.17) is 0 Å². The summed E-state index contributed by atoms with van der Waals surface area (Å²) in [6.07, 6.45) is 4.50. The number of hydrogen-bond donors (Lipinski definition) is 2. The molecule has 3 heteroatoms. The van der Waals surface area contributed by atoms with Crippen LogP contribution in [0.1, 0.15) is 32.6 Å². The highest BCUT2D eigenvalue weighted by Gasteiger charge is 2.24. The summed E-state index contributed by atoms with van der Waals surface area (Å²) in [7, 11) is 1.86. The van der Waals surface area contributed by atoms with Gasteiger partial charge in [0.05, 0.1) is 0 Å². The van der Waals surface area contributed by atoms with Gasteiger partial charge in [0.25, 0.3) is 0 Å². The molecule has 1 saturated carbocycles. The highest BCUT2D eigenvalue weighted by Crippen LogP contribution is 2.29. The summed E-state index contributed by atoms with van der Waals surface area (Å²) >= 11 is 0. The van der Waals surface area contributed by atoms with Crippen molar-refractivity contribution in [3.8, 4) is 0 Å². The molecular formula is C10H20N2O. The van der Waals surface area contributed by atoms with E-state index in [1.165, 1.54) is 19.3 Å². The molecular weight excluding hydrogens is 164 g/mol. The van der Waals surface area contributed by atoms with Crippen molar-refractivity contribution in [1.29, 1.82) is 0 Å². The maximum Gasteiger partial charge on any atom is 0.221 e. The van der Waals surface area contributed by atoms with E-state index in [0.29, 0.717) is 12.5 Å². The van der Waals surface area contributed by atoms with Gasteiger partial charge in [0.1, 0.15) is 0 Å². The molecule has 1 aliphatic rings. The lowest BCUT2D eigenvalue weighted by Gasteiger charge is -2.31. The van der Waals surface area contributed by atoms with E-state index in [1.54, 1.807) is 0 Å². The Morgan fingerprint density at radius 2 is 2.23 bits per heavy atom. The topological polar surface area (TPSA) is 41.1 Å². The van der Waals surface area contributed by atoms with Crippen molar-refractivity contribution in [2.75, 3.05) is 13.6 Å². The van der Waals surface area contributed by atoms with Gasteiger partial charge >= 0.3 is 0 Å². The lowest BCUT2D eigenvalue weighted by molar-refractivity contribution is -0.122. The standard InChI is InChI=1S/C10H20N2O/c1-8(9-4-3-5-9)12-10(13)6-7-11-2/h8-9,11H,3-7H2,1-2H3,(H,12,13). The third-order valence-corrected chi connectivity index (χ3v) is 2.85. The zero-order chi connectivity index (χ0) is 9.68. The van der Waals surface area contributed by atoms with Crippen LogP contribution in [0.5, 0.6) is 0 Å². The molecule has 1 unspecified atom stereocenters. The third kappa shape index (κ3) is 3.35. The molecule has 0 aromatic carbocycles. The molecule has 0 saturated heterocycles. The molecule has 0 bridgehead atoms. The minimum absolute atomic E-state index is 0.175. The molecule has 0 aromatic heterocycles. The van der Waals surface area contributed by atoms with Gasteiger partial charge in [-0.2, -0.15) is 0 Å². The number of carbonyl (C=O) groups excluding carboxylic acids is 1. The van der Waals surface area contributed by atoms with E-state index in [2.05, 4.69) is 17.6 Å². The first kappa shape index (κ1) is 10.5. The summed E-state index contributed by atoms with van der Waals surface area (Å²) in [6, 6.07) is 0.373. The van der Waals surface area contributed by atoms with Crippen LogP contribution in [0.25, 0.3) is 0 Å². The van der Waals surface area contributed by atoms with E-state index in [1.807, 2.05) is 7.05 Å². The molecule has 76 valence electrons. The maximum absolute atomic E-state index is 11.3. The molecule has 3 nitrogen and oxygen atoms in total. The minimum Gasteiger partial charge on any atom is -0.353 e. The van der Waals surface area contributed by atoms with Crippen LogP contribution in [0.2, 0.25) is 0 Å². The molecule has 1 amide bonds. The van der Waals surface area contributed by atoms with Crippen LogP contribution < -0.4 is 10.6 Å². The smallest absolute Gasteiger partial charge is 0.221 e. The van der Waals surface area contributed by atoms with E-state index >= 15 is 0 Å². The van der Waals surface area contributed by atoms with Crippen molar-refractivity contribution >= 4 is 5.91 Å². The normalized spacial score (nSPS) is 19.2. The minimum atomic E-state index is 0.175. The number of nitrogens with one attached hydrogen (secondary N) is 2. The first-order valence-corrected chi connectivity index (χ1v) is 5.18. The molecule has 2 N–H and O–H groups in total. The first-order valence-electron chi connectivity index (χ1n) is 5.18. The summed E-state index contributed by atoms with van der Waals surface area (Å²) in [5.74, 6) is 0.910. The third-order valence-electron chi connectivity index (χ3n) is 2.85. The molecule has 1 fully saturated rings. The average Bonchev–Trinajstić information content (AvgIpc) is 1.97. The summed E-state index contributed by atoms with van der Waals surface area (Å²) in [6.45, 7) is 2.88. The summed E-state index contributed by atoms with van der Waals surface area (Å²) in [5, 5.41) is 6.01. The zero-order valence-electron chi connectivity index (χ0n) is 8.60. The SMILES string of the molecule is CNCCC(=O)NC(C)C1CCC1. The Balaban J connectivity index is 2.11. The number of carbonyl (C=O) groups is 1. The van der Waals surface area contributed by atoms with Crippen LogP contribution in [-0.2, 0) is 4.79 Å². The Hall–Kier alpha value is -0.570. The second-order valence-corrected chi connectivity index (χ2v) is 3.90. The van der Waals surface area contributed by atoms with Gasteiger partial charge in [0, 0.05) is 19.0 Å². The van der Waals surface area contributed by atoms with Crippen molar-refractivity contribution in [3.05, 3.63) is 0 Å². The van der Waals surface area contributed by atoms with Crippen LogP contribution >= 0.6 is 0 Å². The van der Waals surface area contributed by atoms with Gasteiger partial charge in [-0.25, -0.2) is 0 Å². The van der Waals surface area contributed by atoms with Gasteiger partial charge in [-0.1, -0.05) is 6.42 Å². The van der Waals surface area contributed by atoms with Gasteiger partial charge < -0.3 is 10.6 Å². The Kier molecular flexibility index (Phi) is 4.22. The van der Waals surface area contributed by atoms with Gasteiger partial charge in [-0.3, -0.25) is 4.79 Å². The molecule has 0 heterocycles. The molecule has 0 aromatic rings. The fourth-order valence-corrected chi connectivity index (χ4v) is 1.62. The Labute approximate surface area is 80.3 Å². The molecule has 0 aliphatic heterocycles. The van der Waals surface area contributed by atoms with Crippen LogP contribution in [0.4, 0.5) is 0 Å². The summed E-state index contributed by atoms with van der Waals surface area (Å²) in [4.78, 5) is 11.3. The molecule has 1 aliphatic carbocycles. The Bertz CT molecular complexity index is 166. The van der Waals surface area contributed by atoms with Crippen molar-refractivity contribution in [2.45, 2.75) is 38.6 Å². The van der Waals surface area contributed by atoms with Crippen LogP contribution in [-0.4, -0.2) is 25.5 Å². The lowest BCUT2D eigenvalue weighted by atomic mass is 9.80.